The third-order valence-electron chi connectivity index (χ3n) is 3.60. The molecule has 2 N–H and O–H groups in total. The molecule has 1 heterocycles. The van der Waals surface area contributed by atoms with Crippen LogP contribution in [0.1, 0.15) is 25.3 Å². The standard InChI is InChI=1S/C17H17N3O/c1-11(2)12-7-3-4-8-13(12)16-19-14-9-5-6-10-15(14)20(16)17(18)21/h3-11H,1-2H3,(H2,18,21). The maximum atomic E-state index is 11.9. The molecule has 0 bridgehead atoms. The maximum absolute atomic E-state index is 11.9. The van der Waals surface area contributed by atoms with E-state index in [2.05, 4.69) is 24.9 Å². The highest BCUT2D eigenvalue weighted by molar-refractivity contribution is 5.93. The average Bonchev–Trinajstić information content (AvgIpc) is 2.86. The first-order valence-electron chi connectivity index (χ1n) is 6.96. The third-order valence-corrected chi connectivity index (χ3v) is 3.60. The molecular formula is C17H17N3O. The van der Waals surface area contributed by atoms with Gasteiger partial charge in [-0.15, -0.1) is 0 Å². The van der Waals surface area contributed by atoms with Crippen molar-refractivity contribution in [2.24, 2.45) is 5.73 Å². The highest BCUT2D eigenvalue weighted by atomic mass is 16.2. The molecule has 3 rings (SSSR count). The number of benzene rings is 2. The third kappa shape index (κ3) is 2.18. The fraction of sp³-hybridized carbons (Fsp3) is 0.176. The van der Waals surface area contributed by atoms with Gasteiger partial charge in [-0.1, -0.05) is 50.2 Å². The van der Waals surface area contributed by atoms with E-state index in [1.807, 2.05) is 42.5 Å². The Bertz CT molecular complexity index is 818. The smallest absolute Gasteiger partial charge is 0.325 e. The van der Waals surface area contributed by atoms with Crippen molar-refractivity contribution in [1.29, 1.82) is 0 Å². The Kier molecular flexibility index (Phi) is 3.22. The number of imidazole rings is 1. The number of carbonyl (C=O) groups excluding carboxylic acids is 1. The van der Waals surface area contributed by atoms with Crippen LogP contribution in [0.15, 0.2) is 48.5 Å². The first kappa shape index (κ1) is 13.4. The molecule has 106 valence electrons. The lowest BCUT2D eigenvalue weighted by atomic mass is 9.97. The van der Waals surface area contributed by atoms with Crippen LogP contribution in [0.5, 0.6) is 0 Å². The Balaban J connectivity index is 2.35. The summed E-state index contributed by atoms with van der Waals surface area (Å²) in [7, 11) is 0. The molecule has 0 aliphatic heterocycles. The van der Waals surface area contributed by atoms with Gasteiger partial charge in [0.25, 0.3) is 0 Å². The Hall–Kier alpha value is -2.62. The number of nitrogens with zero attached hydrogens (tertiary/aromatic N) is 2. The molecule has 0 fully saturated rings. The van der Waals surface area contributed by atoms with E-state index in [-0.39, 0.29) is 0 Å². The van der Waals surface area contributed by atoms with Gasteiger partial charge >= 0.3 is 6.03 Å². The molecule has 4 heteroatoms. The molecular weight excluding hydrogens is 262 g/mol. The molecule has 0 saturated heterocycles. The summed E-state index contributed by atoms with van der Waals surface area (Å²) >= 11 is 0. The van der Waals surface area contributed by atoms with Gasteiger partial charge in [0.15, 0.2) is 0 Å². The van der Waals surface area contributed by atoms with E-state index < -0.39 is 6.03 Å². The number of aromatic nitrogens is 2. The summed E-state index contributed by atoms with van der Waals surface area (Å²) in [6.45, 7) is 4.24. The summed E-state index contributed by atoms with van der Waals surface area (Å²) in [5, 5.41) is 0. The van der Waals surface area contributed by atoms with Gasteiger partial charge in [0.2, 0.25) is 0 Å². The lowest BCUT2D eigenvalue weighted by molar-refractivity contribution is 0.251. The number of nitrogens with two attached hydrogens (primary N) is 1. The lowest BCUT2D eigenvalue weighted by Gasteiger charge is -2.12. The molecule has 21 heavy (non-hydrogen) atoms. The van der Waals surface area contributed by atoms with E-state index in [9.17, 15) is 4.79 Å². The summed E-state index contributed by atoms with van der Waals surface area (Å²) in [4.78, 5) is 16.5. The summed E-state index contributed by atoms with van der Waals surface area (Å²) in [6.07, 6.45) is 0. The highest BCUT2D eigenvalue weighted by Crippen LogP contribution is 2.30. The molecule has 2 aromatic carbocycles. The first-order valence-corrected chi connectivity index (χ1v) is 6.96. The number of carbonyl (C=O) groups is 1. The van der Waals surface area contributed by atoms with Gasteiger partial charge in [0, 0.05) is 5.56 Å². The zero-order valence-electron chi connectivity index (χ0n) is 12.1. The second-order valence-electron chi connectivity index (χ2n) is 5.34. The summed E-state index contributed by atoms with van der Waals surface area (Å²) < 4.78 is 1.48. The topological polar surface area (TPSA) is 60.9 Å². The Morgan fingerprint density at radius 2 is 1.76 bits per heavy atom. The molecule has 4 nitrogen and oxygen atoms in total. The number of hydrogen-bond donors (Lipinski definition) is 1. The predicted molar refractivity (Wildman–Crippen MR) is 84.2 cm³/mol. The highest BCUT2D eigenvalue weighted by Gasteiger charge is 2.18. The number of primary amides is 1. The average molecular weight is 279 g/mol. The van der Waals surface area contributed by atoms with Gasteiger partial charge in [-0.25, -0.2) is 14.3 Å². The number of para-hydroxylation sites is 2. The van der Waals surface area contributed by atoms with Gasteiger partial charge in [-0.05, 0) is 23.6 Å². The van der Waals surface area contributed by atoms with Crippen LogP contribution < -0.4 is 5.73 Å². The molecule has 0 unspecified atom stereocenters. The van der Waals surface area contributed by atoms with Crippen molar-refractivity contribution in [1.82, 2.24) is 9.55 Å². The Morgan fingerprint density at radius 3 is 2.48 bits per heavy atom. The molecule has 0 atom stereocenters. The summed E-state index contributed by atoms with van der Waals surface area (Å²) in [5.41, 5.74) is 9.17. The van der Waals surface area contributed by atoms with Crippen LogP contribution in [0.4, 0.5) is 4.79 Å². The van der Waals surface area contributed by atoms with Crippen LogP contribution in [0, 0.1) is 0 Å². The van der Waals surface area contributed by atoms with Crippen LogP contribution in [0.25, 0.3) is 22.4 Å². The summed E-state index contributed by atoms with van der Waals surface area (Å²) in [6, 6.07) is 15.0. The largest absolute Gasteiger partial charge is 0.351 e. The van der Waals surface area contributed by atoms with E-state index in [1.54, 1.807) is 0 Å². The summed E-state index contributed by atoms with van der Waals surface area (Å²) in [5.74, 6) is 0.940. The van der Waals surface area contributed by atoms with Crippen molar-refractivity contribution in [3.05, 3.63) is 54.1 Å². The zero-order valence-corrected chi connectivity index (χ0v) is 12.1. The molecule has 0 saturated carbocycles. The second-order valence-corrected chi connectivity index (χ2v) is 5.34. The van der Waals surface area contributed by atoms with E-state index >= 15 is 0 Å². The van der Waals surface area contributed by atoms with E-state index in [1.165, 1.54) is 4.57 Å². The number of hydrogen-bond acceptors (Lipinski definition) is 2. The number of amides is 1. The molecule has 1 aromatic heterocycles. The van der Waals surface area contributed by atoms with Crippen molar-refractivity contribution >= 4 is 17.1 Å². The van der Waals surface area contributed by atoms with Crippen molar-refractivity contribution in [2.75, 3.05) is 0 Å². The molecule has 0 aliphatic rings. The van der Waals surface area contributed by atoms with Gasteiger partial charge in [0.05, 0.1) is 11.0 Å². The lowest BCUT2D eigenvalue weighted by Crippen LogP contribution is -2.20. The number of fused-ring (bicyclic) bond motifs is 1. The molecule has 0 spiro atoms. The predicted octanol–water partition coefficient (Wildman–Crippen LogP) is 3.75. The van der Waals surface area contributed by atoms with Crippen LogP contribution in [0.2, 0.25) is 0 Å². The molecule has 1 amide bonds. The monoisotopic (exact) mass is 279 g/mol. The second kappa shape index (κ2) is 5.05. The SMILES string of the molecule is CC(C)c1ccccc1-c1nc2ccccc2n1C(N)=O. The van der Waals surface area contributed by atoms with Crippen LogP contribution in [0.3, 0.4) is 0 Å². The van der Waals surface area contributed by atoms with E-state index in [0.29, 0.717) is 11.7 Å². The zero-order chi connectivity index (χ0) is 15.0. The fourth-order valence-corrected chi connectivity index (χ4v) is 2.63. The van der Waals surface area contributed by atoms with E-state index in [0.717, 1.165) is 22.2 Å². The van der Waals surface area contributed by atoms with Crippen molar-refractivity contribution in [3.63, 3.8) is 0 Å². The van der Waals surface area contributed by atoms with Gasteiger partial charge in [0.1, 0.15) is 5.82 Å². The molecule has 0 radical (unpaired) electrons. The normalized spacial score (nSPS) is 11.2. The minimum Gasteiger partial charge on any atom is -0.351 e. The Labute approximate surface area is 123 Å². The van der Waals surface area contributed by atoms with Gasteiger partial charge < -0.3 is 5.73 Å². The van der Waals surface area contributed by atoms with Crippen LogP contribution >= 0.6 is 0 Å². The maximum Gasteiger partial charge on any atom is 0.325 e. The minimum absolute atomic E-state index is 0.335. The van der Waals surface area contributed by atoms with Crippen molar-refractivity contribution in [3.8, 4) is 11.4 Å². The van der Waals surface area contributed by atoms with Gasteiger partial charge in [-0.3, -0.25) is 0 Å². The Morgan fingerprint density at radius 1 is 1.10 bits per heavy atom. The van der Waals surface area contributed by atoms with Crippen LogP contribution in [-0.2, 0) is 0 Å². The number of rotatable bonds is 2. The quantitative estimate of drug-likeness (QED) is 0.776. The molecule has 3 aromatic rings. The van der Waals surface area contributed by atoms with Crippen LogP contribution in [-0.4, -0.2) is 15.6 Å². The van der Waals surface area contributed by atoms with Crippen molar-refractivity contribution in [2.45, 2.75) is 19.8 Å². The molecule has 0 aliphatic carbocycles. The van der Waals surface area contributed by atoms with Crippen molar-refractivity contribution < 1.29 is 4.79 Å². The fourth-order valence-electron chi connectivity index (χ4n) is 2.63. The van der Waals surface area contributed by atoms with Gasteiger partial charge in [-0.2, -0.15) is 0 Å². The van der Waals surface area contributed by atoms with E-state index in [4.69, 9.17) is 5.73 Å². The minimum atomic E-state index is -0.516. The first-order chi connectivity index (χ1) is 10.1.